The predicted molar refractivity (Wildman–Crippen MR) is 118 cm³/mol. The van der Waals surface area contributed by atoms with Crippen LogP contribution in [0, 0.1) is 6.92 Å². The van der Waals surface area contributed by atoms with Crippen LogP contribution in [0.5, 0.6) is 0 Å². The molecule has 0 fully saturated rings. The number of hydrogen-bond donors (Lipinski definition) is 3. The zero-order valence-electron chi connectivity index (χ0n) is 15.2. The molecule has 3 aromatic carbocycles. The van der Waals surface area contributed by atoms with Gasteiger partial charge in [0.1, 0.15) is 0 Å². The number of aryl methyl sites for hydroxylation is 1. The molecule has 2 amide bonds. The quantitative estimate of drug-likeness (QED) is 0.463. The molecule has 0 aromatic heterocycles. The summed E-state index contributed by atoms with van der Waals surface area (Å²) in [5, 5.41) is 6.17. The minimum atomic E-state index is -3.85. The molecular weight excluding hydrogens is 433 g/mol. The maximum atomic E-state index is 12.7. The number of carbonyl (C=O) groups is 1. The fraction of sp³-hybridized carbons (Fsp3) is 0.0500. The van der Waals surface area contributed by atoms with Crippen LogP contribution in [-0.4, -0.2) is 14.4 Å². The molecule has 6 nitrogen and oxygen atoms in total. The van der Waals surface area contributed by atoms with E-state index in [2.05, 4.69) is 15.4 Å². The second-order valence-electron chi connectivity index (χ2n) is 6.15. The zero-order chi connectivity index (χ0) is 21.0. The largest absolute Gasteiger partial charge is 0.323 e. The lowest BCUT2D eigenvalue weighted by atomic mass is 10.2. The van der Waals surface area contributed by atoms with Crippen LogP contribution in [-0.2, 0) is 10.0 Å². The van der Waals surface area contributed by atoms with E-state index in [1.165, 1.54) is 12.1 Å². The Morgan fingerprint density at radius 2 is 1.52 bits per heavy atom. The van der Waals surface area contributed by atoms with E-state index in [1.54, 1.807) is 61.5 Å². The van der Waals surface area contributed by atoms with Crippen molar-refractivity contribution in [3.63, 3.8) is 0 Å². The second kappa shape index (κ2) is 8.73. The summed E-state index contributed by atoms with van der Waals surface area (Å²) in [6.07, 6.45) is 0. The summed E-state index contributed by atoms with van der Waals surface area (Å²) in [6, 6.07) is 17.0. The van der Waals surface area contributed by atoms with Gasteiger partial charge in [-0.1, -0.05) is 41.4 Å². The number of halogens is 2. The highest BCUT2D eigenvalue weighted by Gasteiger charge is 2.17. The minimum absolute atomic E-state index is 0.00564. The first-order valence-corrected chi connectivity index (χ1v) is 10.7. The van der Waals surface area contributed by atoms with Gasteiger partial charge in [0.2, 0.25) is 0 Å². The number of carbonyl (C=O) groups excluding carboxylic acids is 1. The summed E-state index contributed by atoms with van der Waals surface area (Å²) >= 11 is 11.9. The Labute approximate surface area is 178 Å². The van der Waals surface area contributed by atoms with Crippen LogP contribution < -0.4 is 15.4 Å². The molecule has 0 heterocycles. The van der Waals surface area contributed by atoms with Gasteiger partial charge >= 0.3 is 6.03 Å². The third kappa shape index (κ3) is 5.41. The summed E-state index contributed by atoms with van der Waals surface area (Å²) in [7, 11) is -3.85. The van der Waals surface area contributed by atoms with Gasteiger partial charge in [0.15, 0.2) is 0 Å². The molecular formula is C20H17Cl2N3O3S. The predicted octanol–water partition coefficient (Wildman–Crippen LogP) is 5.75. The molecule has 3 N–H and O–H groups in total. The van der Waals surface area contributed by atoms with Gasteiger partial charge in [0, 0.05) is 16.4 Å². The number of hydrogen-bond acceptors (Lipinski definition) is 3. The van der Waals surface area contributed by atoms with E-state index in [-0.39, 0.29) is 4.90 Å². The van der Waals surface area contributed by atoms with Crippen LogP contribution in [0.2, 0.25) is 10.0 Å². The Balaban J connectivity index is 1.79. The molecule has 0 unspecified atom stereocenters. The third-order valence-corrected chi connectivity index (χ3v) is 5.95. The number of rotatable bonds is 5. The van der Waals surface area contributed by atoms with Gasteiger partial charge < -0.3 is 10.6 Å². The van der Waals surface area contributed by atoms with E-state index in [1.807, 2.05) is 0 Å². The lowest BCUT2D eigenvalue weighted by Crippen LogP contribution is -2.21. The van der Waals surface area contributed by atoms with E-state index in [0.717, 1.165) is 0 Å². The van der Waals surface area contributed by atoms with Crippen LogP contribution >= 0.6 is 23.2 Å². The van der Waals surface area contributed by atoms with Gasteiger partial charge in [0.05, 0.1) is 15.6 Å². The van der Waals surface area contributed by atoms with Gasteiger partial charge in [-0.05, 0) is 61.0 Å². The van der Waals surface area contributed by atoms with Gasteiger partial charge in [-0.15, -0.1) is 0 Å². The molecule has 0 saturated carbocycles. The van der Waals surface area contributed by atoms with Crippen molar-refractivity contribution in [3.8, 4) is 0 Å². The van der Waals surface area contributed by atoms with E-state index in [0.29, 0.717) is 32.7 Å². The second-order valence-corrected chi connectivity index (χ2v) is 8.67. The van der Waals surface area contributed by atoms with E-state index in [9.17, 15) is 13.2 Å². The number of sulfonamides is 1. The molecule has 3 aromatic rings. The third-order valence-electron chi connectivity index (χ3n) is 3.99. The molecule has 0 atom stereocenters. The van der Waals surface area contributed by atoms with Gasteiger partial charge in [-0.25, -0.2) is 13.2 Å². The SMILES string of the molecule is Cc1ccc(S(=O)(=O)Nc2ccc(Cl)cc2)cc1NC(=O)Nc1ccccc1Cl. The summed E-state index contributed by atoms with van der Waals surface area (Å²) in [5.41, 5.74) is 1.87. The van der Waals surface area contributed by atoms with Crippen molar-refractivity contribution >= 4 is 56.3 Å². The van der Waals surface area contributed by atoms with Gasteiger partial charge in [0.25, 0.3) is 10.0 Å². The number of anilines is 3. The first-order valence-electron chi connectivity index (χ1n) is 8.46. The monoisotopic (exact) mass is 449 g/mol. The highest BCUT2D eigenvalue weighted by Crippen LogP contribution is 2.24. The summed E-state index contributed by atoms with van der Waals surface area (Å²) in [4.78, 5) is 12.3. The number of para-hydroxylation sites is 1. The standard InChI is InChI=1S/C20H17Cl2N3O3S/c1-13-6-11-16(29(27,28)25-15-9-7-14(21)8-10-15)12-19(13)24-20(26)23-18-5-3-2-4-17(18)22/h2-12,25H,1H3,(H2,23,24,26). The van der Waals surface area contributed by atoms with Gasteiger partial charge in [-0.2, -0.15) is 0 Å². The van der Waals surface area contributed by atoms with Crippen LogP contribution in [0.1, 0.15) is 5.56 Å². The highest BCUT2D eigenvalue weighted by molar-refractivity contribution is 7.92. The number of benzene rings is 3. The van der Waals surface area contributed by atoms with E-state index in [4.69, 9.17) is 23.2 Å². The minimum Gasteiger partial charge on any atom is -0.307 e. The van der Waals surface area contributed by atoms with Crippen molar-refractivity contribution in [2.45, 2.75) is 11.8 Å². The molecule has 0 radical (unpaired) electrons. The summed E-state index contributed by atoms with van der Waals surface area (Å²) in [5.74, 6) is 0. The number of nitrogens with one attached hydrogen (secondary N) is 3. The summed E-state index contributed by atoms with van der Waals surface area (Å²) < 4.78 is 27.8. The highest BCUT2D eigenvalue weighted by atomic mass is 35.5. The van der Waals surface area contributed by atoms with Crippen molar-refractivity contribution in [2.24, 2.45) is 0 Å². The maximum Gasteiger partial charge on any atom is 0.323 e. The van der Waals surface area contributed by atoms with Crippen molar-refractivity contribution in [1.29, 1.82) is 0 Å². The van der Waals surface area contributed by atoms with Crippen molar-refractivity contribution in [3.05, 3.63) is 82.3 Å². The lowest BCUT2D eigenvalue weighted by molar-refractivity contribution is 0.262. The Morgan fingerprint density at radius 1 is 0.862 bits per heavy atom. The molecule has 0 aliphatic rings. The molecule has 150 valence electrons. The smallest absolute Gasteiger partial charge is 0.307 e. The maximum absolute atomic E-state index is 12.7. The first kappa shape index (κ1) is 21.0. The number of urea groups is 1. The average Bonchev–Trinajstić information content (AvgIpc) is 2.67. The summed E-state index contributed by atoms with van der Waals surface area (Å²) in [6.45, 7) is 1.76. The fourth-order valence-electron chi connectivity index (χ4n) is 2.47. The molecule has 29 heavy (non-hydrogen) atoms. The first-order chi connectivity index (χ1) is 13.7. The molecule has 3 rings (SSSR count). The topological polar surface area (TPSA) is 87.3 Å². The normalized spacial score (nSPS) is 11.0. The van der Waals surface area contributed by atoms with E-state index >= 15 is 0 Å². The Hall–Kier alpha value is -2.74. The molecule has 0 spiro atoms. The number of amides is 2. The van der Waals surface area contributed by atoms with E-state index < -0.39 is 16.1 Å². The Morgan fingerprint density at radius 3 is 2.21 bits per heavy atom. The van der Waals surface area contributed by atoms with Crippen molar-refractivity contribution in [1.82, 2.24) is 0 Å². The molecule has 0 aliphatic carbocycles. The van der Waals surface area contributed by atoms with Crippen molar-refractivity contribution in [2.75, 3.05) is 15.4 Å². The Kier molecular flexibility index (Phi) is 6.32. The molecule has 0 aliphatic heterocycles. The molecule has 0 saturated heterocycles. The van der Waals surface area contributed by atoms with Crippen LogP contribution in [0.4, 0.5) is 21.9 Å². The lowest BCUT2D eigenvalue weighted by Gasteiger charge is -2.13. The average molecular weight is 450 g/mol. The van der Waals surface area contributed by atoms with Crippen LogP contribution in [0.3, 0.4) is 0 Å². The zero-order valence-corrected chi connectivity index (χ0v) is 17.6. The van der Waals surface area contributed by atoms with Gasteiger partial charge in [-0.3, -0.25) is 4.72 Å². The fourth-order valence-corrected chi connectivity index (χ4v) is 3.87. The molecule has 0 bridgehead atoms. The van der Waals surface area contributed by atoms with Crippen LogP contribution in [0.25, 0.3) is 0 Å². The Bertz CT molecular complexity index is 1150. The van der Waals surface area contributed by atoms with Crippen molar-refractivity contribution < 1.29 is 13.2 Å². The molecule has 9 heteroatoms. The van der Waals surface area contributed by atoms with Crippen LogP contribution in [0.15, 0.2) is 71.6 Å².